The van der Waals surface area contributed by atoms with Crippen molar-refractivity contribution < 1.29 is 0 Å². The lowest BCUT2D eigenvalue weighted by Gasteiger charge is -2.40. The average molecular weight is 251 g/mol. The van der Waals surface area contributed by atoms with Crippen molar-refractivity contribution in [2.45, 2.75) is 70.1 Å². The Kier molecular flexibility index (Phi) is 3.92. The molecule has 2 bridgehead atoms. The van der Waals surface area contributed by atoms with Gasteiger partial charge in [0.1, 0.15) is 0 Å². The molecular weight excluding hydrogens is 222 g/mol. The highest BCUT2D eigenvalue weighted by atomic mass is 15.2. The number of nitrogens with zero attached hydrogens (tertiary/aromatic N) is 2. The van der Waals surface area contributed by atoms with Gasteiger partial charge < -0.3 is 10.2 Å². The molecule has 0 radical (unpaired) electrons. The quantitative estimate of drug-likeness (QED) is 0.806. The number of piperidine rings is 1. The molecule has 18 heavy (non-hydrogen) atoms. The second kappa shape index (κ2) is 5.48. The van der Waals surface area contributed by atoms with Gasteiger partial charge >= 0.3 is 0 Å². The standard InChI is InChI=1S/C15H29N3/c1-12(2)17-9-6-15(7-10-17)18-8-5-13-3-4-14(11-18)16-13/h12-16H,3-11H2,1-2H3. The minimum atomic E-state index is 0.729. The van der Waals surface area contributed by atoms with Crippen LogP contribution < -0.4 is 5.32 Å². The van der Waals surface area contributed by atoms with E-state index < -0.39 is 0 Å². The number of nitrogens with one attached hydrogen (secondary N) is 1. The van der Waals surface area contributed by atoms with Crippen LogP contribution in [0.15, 0.2) is 0 Å². The molecule has 0 aliphatic carbocycles. The Labute approximate surface area is 112 Å². The van der Waals surface area contributed by atoms with Crippen LogP contribution in [-0.2, 0) is 0 Å². The van der Waals surface area contributed by atoms with Gasteiger partial charge in [-0.3, -0.25) is 4.90 Å². The summed E-state index contributed by atoms with van der Waals surface area (Å²) in [5.74, 6) is 0. The van der Waals surface area contributed by atoms with Gasteiger partial charge in [-0.25, -0.2) is 0 Å². The van der Waals surface area contributed by atoms with Crippen molar-refractivity contribution in [2.75, 3.05) is 26.2 Å². The normalized spacial score (nSPS) is 36.2. The lowest BCUT2D eigenvalue weighted by molar-refractivity contribution is 0.0889. The van der Waals surface area contributed by atoms with Gasteiger partial charge in [0.2, 0.25) is 0 Å². The highest BCUT2D eigenvalue weighted by Crippen LogP contribution is 2.25. The second-order valence-electron chi connectivity index (χ2n) is 6.78. The third-order valence-electron chi connectivity index (χ3n) is 5.30. The van der Waals surface area contributed by atoms with Gasteiger partial charge in [0.05, 0.1) is 0 Å². The van der Waals surface area contributed by atoms with Gasteiger partial charge in [-0.1, -0.05) is 0 Å². The Morgan fingerprint density at radius 2 is 1.61 bits per heavy atom. The molecule has 0 saturated carbocycles. The molecule has 3 aliphatic heterocycles. The Morgan fingerprint density at radius 3 is 2.33 bits per heavy atom. The molecule has 3 heteroatoms. The molecular formula is C15H29N3. The molecule has 3 fully saturated rings. The number of rotatable bonds is 2. The fourth-order valence-electron chi connectivity index (χ4n) is 4.07. The third kappa shape index (κ3) is 2.73. The van der Waals surface area contributed by atoms with Crippen molar-refractivity contribution in [3.05, 3.63) is 0 Å². The van der Waals surface area contributed by atoms with E-state index in [2.05, 4.69) is 29.0 Å². The van der Waals surface area contributed by atoms with E-state index in [4.69, 9.17) is 0 Å². The summed E-state index contributed by atoms with van der Waals surface area (Å²) in [4.78, 5) is 5.44. The van der Waals surface area contributed by atoms with E-state index >= 15 is 0 Å². The molecule has 0 amide bonds. The van der Waals surface area contributed by atoms with E-state index in [1.54, 1.807) is 0 Å². The fraction of sp³-hybridized carbons (Fsp3) is 1.00. The first-order valence-electron chi connectivity index (χ1n) is 7.96. The van der Waals surface area contributed by atoms with Crippen molar-refractivity contribution in [3.63, 3.8) is 0 Å². The van der Waals surface area contributed by atoms with Crippen LogP contribution >= 0.6 is 0 Å². The zero-order chi connectivity index (χ0) is 12.5. The lowest BCUT2D eigenvalue weighted by atomic mass is 9.99. The maximum atomic E-state index is 3.80. The highest BCUT2D eigenvalue weighted by Gasteiger charge is 2.33. The number of likely N-dealkylation sites (tertiary alicyclic amines) is 2. The number of hydrogen-bond acceptors (Lipinski definition) is 3. The van der Waals surface area contributed by atoms with Crippen molar-refractivity contribution >= 4 is 0 Å². The molecule has 3 saturated heterocycles. The van der Waals surface area contributed by atoms with Crippen molar-refractivity contribution in [1.82, 2.24) is 15.1 Å². The first-order valence-corrected chi connectivity index (χ1v) is 7.96. The largest absolute Gasteiger partial charge is 0.310 e. The van der Waals surface area contributed by atoms with Crippen molar-refractivity contribution in [3.8, 4) is 0 Å². The van der Waals surface area contributed by atoms with Crippen LogP contribution in [0.25, 0.3) is 0 Å². The zero-order valence-corrected chi connectivity index (χ0v) is 12.1. The molecule has 2 atom stereocenters. The van der Waals surface area contributed by atoms with Crippen LogP contribution in [0.2, 0.25) is 0 Å². The molecule has 3 heterocycles. The highest BCUT2D eigenvalue weighted by molar-refractivity contribution is 4.92. The first kappa shape index (κ1) is 12.9. The van der Waals surface area contributed by atoms with Crippen LogP contribution in [0, 0.1) is 0 Å². The van der Waals surface area contributed by atoms with E-state index in [-0.39, 0.29) is 0 Å². The molecule has 3 aliphatic rings. The summed E-state index contributed by atoms with van der Waals surface area (Å²) in [7, 11) is 0. The second-order valence-corrected chi connectivity index (χ2v) is 6.78. The summed E-state index contributed by atoms with van der Waals surface area (Å²) >= 11 is 0. The maximum absolute atomic E-state index is 3.80. The fourth-order valence-corrected chi connectivity index (χ4v) is 4.07. The average Bonchev–Trinajstić information content (AvgIpc) is 2.69. The molecule has 0 aromatic carbocycles. The molecule has 0 spiro atoms. The van der Waals surface area contributed by atoms with Gasteiger partial charge in [-0.2, -0.15) is 0 Å². The van der Waals surface area contributed by atoms with Gasteiger partial charge in [0.15, 0.2) is 0 Å². The smallest absolute Gasteiger partial charge is 0.0198 e. The van der Waals surface area contributed by atoms with Crippen LogP contribution in [-0.4, -0.2) is 60.1 Å². The van der Waals surface area contributed by atoms with Gasteiger partial charge in [0, 0.05) is 30.7 Å². The summed E-state index contributed by atoms with van der Waals surface area (Å²) in [5, 5.41) is 3.80. The summed E-state index contributed by atoms with van der Waals surface area (Å²) in [5.41, 5.74) is 0. The SMILES string of the molecule is CC(C)N1CCC(N2CCC3CCC(C2)N3)CC1. The van der Waals surface area contributed by atoms with E-state index in [0.29, 0.717) is 0 Å². The van der Waals surface area contributed by atoms with Crippen molar-refractivity contribution in [1.29, 1.82) is 0 Å². The predicted octanol–water partition coefficient (Wildman–Crippen LogP) is 1.69. The molecule has 104 valence electrons. The topological polar surface area (TPSA) is 18.5 Å². The summed E-state index contributed by atoms with van der Waals surface area (Å²) in [6, 6.07) is 3.21. The van der Waals surface area contributed by atoms with E-state index in [9.17, 15) is 0 Å². The Balaban J connectivity index is 1.53. The molecule has 0 aromatic rings. The van der Waals surface area contributed by atoms with E-state index in [0.717, 1.165) is 24.2 Å². The Hall–Kier alpha value is -0.120. The third-order valence-corrected chi connectivity index (χ3v) is 5.30. The lowest BCUT2D eigenvalue weighted by Crippen LogP contribution is -2.49. The first-order chi connectivity index (χ1) is 8.72. The van der Waals surface area contributed by atoms with Crippen molar-refractivity contribution in [2.24, 2.45) is 0 Å². The van der Waals surface area contributed by atoms with Crippen LogP contribution in [0.5, 0.6) is 0 Å². The van der Waals surface area contributed by atoms with Gasteiger partial charge in [-0.15, -0.1) is 0 Å². The molecule has 0 aromatic heterocycles. The number of fused-ring (bicyclic) bond motifs is 2. The zero-order valence-electron chi connectivity index (χ0n) is 12.1. The predicted molar refractivity (Wildman–Crippen MR) is 75.9 cm³/mol. The minimum absolute atomic E-state index is 0.729. The Bertz CT molecular complexity index is 271. The monoisotopic (exact) mass is 251 g/mol. The van der Waals surface area contributed by atoms with Crippen LogP contribution in [0.4, 0.5) is 0 Å². The summed E-state index contributed by atoms with van der Waals surface area (Å²) in [6.45, 7) is 9.91. The summed E-state index contributed by atoms with van der Waals surface area (Å²) < 4.78 is 0. The van der Waals surface area contributed by atoms with Gasteiger partial charge in [-0.05, 0) is 65.6 Å². The number of hydrogen-bond donors (Lipinski definition) is 1. The minimum Gasteiger partial charge on any atom is -0.310 e. The maximum Gasteiger partial charge on any atom is 0.0198 e. The molecule has 3 rings (SSSR count). The van der Waals surface area contributed by atoms with Gasteiger partial charge in [0.25, 0.3) is 0 Å². The van der Waals surface area contributed by atoms with Crippen LogP contribution in [0.1, 0.15) is 46.0 Å². The van der Waals surface area contributed by atoms with E-state index in [1.807, 2.05) is 0 Å². The molecule has 3 nitrogen and oxygen atoms in total. The van der Waals surface area contributed by atoms with E-state index in [1.165, 1.54) is 58.3 Å². The summed E-state index contributed by atoms with van der Waals surface area (Å²) in [6.07, 6.45) is 6.97. The Morgan fingerprint density at radius 1 is 0.889 bits per heavy atom. The molecule has 1 N–H and O–H groups in total. The molecule has 2 unspecified atom stereocenters. The van der Waals surface area contributed by atoms with Crippen LogP contribution in [0.3, 0.4) is 0 Å².